The fourth-order valence-electron chi connectivity index (χ4n) is 3.68. The summed E-state index contributed by atoms with van der Waals surface area (Å²) in [4.78, 5) is 6.18. The number of fused-ring (bicyclic) bond motifs is 1. The highest BCUT2D eigenvalue weighted by Gasteiger charge is 2.76. The summed E-state index contributed by atoms with van der Waals surface area (Å²) in [5.74, 6) is 0.852. The molecule has 2 saturated carbocycles. The predicted molar refractivity (Wildman–Crippen MR) is 72.7 cm³/mol. The Kier molecular flexibility index (Phi) is 2.42. The highest BCUT2D eigenvalue weighted by atomic mass is 16.7. The van der Waals surface area contributed by atoms with Crippen LogP contribution in [0.3, 0.4) is 0 Å². The molecular formula is C16H18N2O2. The van der Waals surface area contributed by atoms with Gasteiger partial charge in [-0.1, -0.05) is 12.1 Å². The van der Waals surface area contributed by atoms with Crippen molar-refractivity contribution in [3.05, 3.63) is 29.8 Å². The molecule has 104 valence electrons. The average Bonchev–Trinajstić information content (AvgIpc) is 3.34. The largest absolute Gasteiger partial charge is 0.497 e. The van der Waals surface area contributed by atoms with Crippen LogP contribution in [0.15, 0.2) is 24.3 Å². The Labute approximate surface area is 118 Å². The summed E-state index contributed by atoms with van der Waals surface area (Å²) in [6, 6.07) is 10.4. The monoisotopic (exact) mass is 270 g/mol. The Morgan fingerprint density at radius 1 is 1.30 bits per heavy atom. The van der Waals surface area contributed by atoms with Gasteiger partial charge in [0, 0.05) is 5.41 Å². The van der Waals surface area contributed by atoms with Crippen LogP contribution >= 0.6 is 0 Å². The zero-order valence-corrected chi connectivity index (χ0v) is 11.6. The molecule has 1 unspecified atom stereocenters. The molecule has 1 atom stereocenters. The summed E-state index contributed by atoms with van der Waals surface area (Å²) in [6.07, 6.45) is 4.52. The quantitative estimate of drug-likeness (QED) is 0.847. The van der Waals surface area contributed by atoms with Gasteiger partial charge in [-0.2, -0.15) is 10.3 Å². The molecule has 1 aliphatic heterocycles. The van der Waals surface area contributed by atoms with Gasteiger partial charge in [-0.3, -0.25) is 4.84 Å². The Bertz CT molecular complexity index is 567. The molecule has 0 radical (unpaired) electrons. The second-order valence-electron chi connectivity index (χ2n) is 6.20. The minimum absolute atomic E-state index is 0.000132. The van der Waals surface area contributed by atoms with Crippen LogP contribution < -0.4 is 4.74 Å². The molecule has 1 aromatic rings. The first-order valence-electron chi connectivity index (χ1n) is 7.21. The van der Waals surface area contributed by atoms with E-state index in [0.29, 0.717) is 6.54 Å². The molecule has 20 heavy (non-hydrogen) atoms. The van der Waals surface area contributed by atoms with E-state index in [1.807, 2.05) is 29.3 Å². The Balaban J connectivity index is 1.55. The lowest BCUT2D eigenvalue weighted by Gasteiger charge is -2.19. The fourth-order valence-corrected chi connectivity index (χ4v) is 3.68. The van der Waals surface area contributed by atoms with E-state index in [4.69, 9.17) is 9.57 Å². The van der Waals surface area contributed by atoms with E-state index in [9.17, 15) is 5.26 Å². The van der Waals surface area contributed by atoms with E-state index in [-0.39, 0.29) is 17.1 Å². The van der Waals surface area contributed by atoms with Gasteiger partial charge in [-0.15, -0.1) is 0 Å². The normalized spacial score (nSPS) is 28.5. The van der Waals surface area contributed by atoms with E-state index in [0.717, 1.165) is 37.0 Å². The third kappa shape index (κ3) is 1.54. The van der Waals surface area contributed by atoms with Crippen molar-refractivity contribution in [2.45, 2.75) is 43.9 Å². The molecule has 1 heterocycles. The maximum absolute atomic E-state index is 9.54. The maximum atomic E-state index is 9.54. The van der Waals surface area contributed by atoms with Crippen LogP contribution in [0.2, 0.25) is 0 Å². The number of rotatable bonds is 3. The number of methoxy groups -OCH3 is 1. The summed E-state index contributed by atoms with van der Waals surface area (Å²) >= 11 is 0. The van der Waals surface area contributed by atoms with Crippen molar-refractivity contribution in [1.29, 1.82) is 5.26 Å². The summed E-state index contributed by atoms with van der Waals surface area (Å²) in [6.45, 7) is 0.672. The zero-order valence-electron chi connectivity index (χ0n) is 11.6. The van der Waals surface area contributed by atoms with Gasteiger partial charge in [0.1, 0.15) is 11.8 Å². The summed E-state index contributed by atoms with van der Waals surface area (Å²) in [5, 5.41) is 11.5. The molecule has 0 aromatic heterocycles. The first kappa shape index (κ1) is 12.2. The van der Waals surface area contributed by atoms with Gasteiger partial charge >= 0.3 is 0 Å². The highest BCUT2D eigenvalue weighted by molar-refractivity contribution is 5.30. The number of hydrogen-bond donors (Lipinski definition) is 0. The molecule has 1 aromatic carbocycles. The minimum Gasteiger partial charge on any atom is -0.497 e. The first-order chi connectivity index (χ1) is 9.73. The van der Waals surface area contributed by atoms with Crippen molar-refractivity contribution in [2.24, 2.45) is 5.41 Å². The van der Waals surface area contributed by atoms with E-state index >= 15 is 0 Å². The van der Waals surface area contributed by atoms with Crippen LogP contribution in [0, 0.1) is 16.7 Å². The van der Waals surface area contributed by atoms with E-state index in [2.05, 4.69) is 6.07 Å². The summed E-state index contributed by atoms with van der Waals surface area (Å²) in [5.41, 5.74) is 1.29. The number of benzene rings is 1. The van der Waals surface area contributed by atoms with Crippen molar-refractivity contribution in [1.82, 2.24) is 5.06 Å². The molecule has 4 heteroatoms. The molecule has 2 spiro atoms. The van der Waals surface area contributed by atoms with Crippen molar-refractivity contribution in [3.8, 4) is 11.8 Å². The Morgan fingerprint density at radius 3 is 2.50 bits per heavy atom. The molecule has 2 aliphatic carbocycles. The lowest BCUT2D eigenvalue weighted by molar-refractivity contribution is -0.174. The Morgan fingerprint density at radius 2 is 2.00 bits per heavy atom. The van der Waals surface area contributed by atoms with Crippen LogP contribution in [-0.2, 0) is 11.4 Å². The zero-order chi connectivity index (χ0) is 13.8. The van der Waals surface area contributed by atoms with Crippen molar-refractivity contribution >= 4 is 0 Å². The van der Waals surface area contributed by atoms with Crippen LogP contribution in [0.5, 0.6) is 5.75 Å². The van der Waals surface area contributed by atoms with Gasteiger partial charge in [0.25, 0.3) is 0 Å². The second kappa shape index (κ2) is 3.97. The van der Waals surface area contributed by atoms with Crippen LogP contribution in [-0.4, -0.2) is 23.8 Å². The molecular weight excluding hydrogens is 252 g/mol. The smallest absolute Gasteiger partial charge is 0.131 e. The number of nitriles is 1. The van der Waals surface area contributed by atoms with Gasteiger partial charge in [-0.05, 0) is 43.4 Å². The highest BCUT2D eigenvalue weighted by Crippen LogP contribution is 2.72. The topological polar surface area (TPSA) is 45.5 Å². The van der Waals surface area contributed by atoms with Crippen molar-refractivity contribution in [2.75, 3.05) is 7.11 Å². The number of nitrogens with zero attached hydrogens (tertiary/aromatic N) is 2. The van der Waals surface area contributed by atoms with Crippen LogP contribution in [0.1, 0.15) is 31.2 Å². The molecule has 4 nitrogen and oxygen atoms in total. The minimum atomic E-state index is -0.0906. The lowest BCUT2D eigenvalue weighted by Crippen LogP contribution is -2.31. The average molecular weight is 270 g/mol. The predicted octanol–water partition coefficient (Wildman–Crippen LogP) is 2.65. The van der Waals surface area contributed by atoms with Crippen molar-refractivity contribution in [3.63, 3.8) is 0 Å². The molecule has 0 N–H and O–H groups in total. The first-order valence-corrected chi connectivity index (χ1v) is 7.21. The molecule has 4 rings (SSSR count). The van der Waals surface area contributed by atoms with Gasteiger partial charge in [0.05, 0.1) is 25.3 Å². The molecule has 3 aliphatic rings. The van der Waals surface area contributed by atoms with E-state index in [1.54, 1.807) is 7.11 Å². The maximum Gasteiger partial charge on any atom is 0.131 e. The fraction of sp³-hybridized carbons (Fsp3) is 0.562. The van der Waals surface area contributed by atoms with Gasteiger partial charge < -0.3 is 4.74 Å². The third-order valence-electron chi connectivity index (χ3n) is 5.12. The Hall–Kier alpha value is -1.57. The molecule has 0 bridgehead atoms. The van der Waals surface area contributed by atoms with E-state index < -0.39 is 0 Å². The SMILES string of the molecule is COc1ccc(CN2OC3(CC3)C3(CC3)C2C#N)cc1. The number of ether oxygens (including phenoxy) is 1. The number of hydrogen-bond acceptors (Lipinski definition) is 4. The van der Waals surface area contributed by atoms with Gasteiger partial charge in [-0.25, -0.2) is 0 Å². The van der Waals surface area contributed by atoms with Crippen molar-refractivity contribution < 1.29 is 9.57 Å². The number of hydroxylamine groups is 2. The van der Waals surface area contributed by atoms with Crippen LogP contribution in [0.25, 0.3) is 0 Å². The van der Waals surface area contributed by atoms with Gasteiger partial charge in [0.2, 0.25) is 0 Å². The molecule has 0 amide bonds. The second-order valence-corrected chi connectivity index (χ2v) is 6.20. The van der Waals surface area contributed by atoms with E-state index in [1.165, 1.54) is 0 Å². The molecule has 1 saturated heterocycles. The molecule has 3 fully saturated rings. The lowest BCUT2D eigenvalue weighted by atomic mass is 9.90. The standard InChI is InChI=1S/C16H18N2O2/c1-19-13-4-2-12(3-5-13)11-18-14(10-17)15(6-7-15)16(20-18)8-9-16/h2-5,14H,6-9,11H2,1H3. The third-order valence-corrected chi connectivity index (χ3v) is 5.12. The summed E-state index contributed by atoms with van der Waals surface area (Å²) in [7, 11) is 1.66. The van der Waals surface area contributed by atoms with Crippen LogP contribution in [0.4, 0.5) is 0 Å². The summed E-state index contributed by atoms with van der Waals surface area (Å²) < 4.78 is 5.17. The van der Waals surface area contributed by atoms with Gasteiger partial charge in [0.15, 0.2) is 0 Å².